The summed E-state index contributed by atoms with van der Waals surface area (Å²) in [4.78, 5) is 2.34. The topological polar surface area (TPSA) is 75.4 Å². The summed E-state index contributed by atoms with van der Waals surface area (Å²) >= 11 is 0. The Kier molecular flexibility index (Phi) is 5.68. The van der Waals surface area contributed by atoms with Gasteiger partial charge in [0.05, 0.1) is 5.75 Å². The highest BCUT2D eigenvalue weighted by Crippen LogP contribution is 2.09. The number of nitrogens with one attached hydrogen (secondary N) is 1. The molecule has 1 heterocycles. The molecular weight excluding hydrogens is 226 g/mol. The van der Waals surface area contributed by atoms with E-state index in [1.807, 2.05) is 0 Å². The fourth-order valence-electron chi connectivity index (χ4n) is 2.02. The van der Waals surface area contributed by atoms with Gasteiger partial charge in [-0.15, -0.1) is 0 Å². The van der Waals surface area contributed by atoms with E-state index in [-0.39, 0.29) is 5.75 Å². The molecule has 0 aromatic heterocycles. The Balaban J connectivity index is 2.13. The quantitative estimate of drug-likeness (QED) is 0.658. The first kappa shape index (κ1) is 13.9. The van der Waals surface area contributed by atoms with Crippen molar-refractivity contribution in [2.45, 2.75) is 31.7 Å². The summed E-state index contributed by atoms with van der Waals surface area (Å²) in [7, 11) is -1.15. The van der Waals surface area contributed by atoms with E-state index in [0.717, 1.165) is 26.1 Å². The fourth-order valence-corrected chi connectivity index (χ4v) is 2.57. The third-order valence-electron chi connectivity index (χ3n) is 2.99. The number of likely N-dealkylation sites (tertiary alicyclic amines) is 1. The molecule has 96 valence electrons. The minimum absolute atomic E-state index is 0.0760. The number of primary sulfonamides is 1. The standard InChI is InChI=1S/C10H23N3O2S/c1-13-7-2-4-10(5-8-13)12-6-3-9-16(11,14)15/h10,12H,2-9H2,1H3,(H2,11,14,15). The maximum atomic E-state index is 10.7. The molecule has 1 rings (SSSR count). The van der Waals surface area contributed by atoms with Crippen molar-refractivity contribution in [3.63, 3.8) is 0 Å². The van der Waals surface area contributed by atoms with E-state index >= 15 is 0 Å². The summed E-state index contributed by atoms with van der Waals surface area (Å²) in [5.41, 5.74) is 0. The SMILES string of the molecule is CN1CCCC(NCCCS(N)(=O)=O)CC1. The van der Waals surface area contributed by atoms with Crippen LogP contribution in [0.2, 0.25) is 0 Å². The third-order valence-corrected chi connectivity index (χ3v) is 3.85. The van der Waals surface area contributed by atoms with E-state index in [1.165, 1.54) is 12.8 Å². The molecule has 6 heteroatoms. The first-order chi connectivity index (χ1) is 7.47. The molecule has 0 saturated carbocycles. The van der Waals surface area contributed by atoms with Crippen LogP contribution in [0.25, 0.3) is 0 Å². The van der Waals surface area contributed by atoms with Crippen LogP contribution >= 0.6 is 0 Å². The van der Waals surface area contributed by atoms with Gasteiger partial charge in [-0.25, -0.2) is 13.6 Å². The van der Waals surface area contributed by atoms with Gasteiger partial charge in [-0.3, -0.25) is 0 Å². The van der Waals surface area contributed by atoms with E-state index in [9.17, 15) is 8.42 Å². The van der Waals surface area contributed by atoms with Gasteiger partial charge in [0.1, 0.15) is 0 Å². The molecule has 5 nitrogen and oxygen atoms in total. The Hall–Kier alpha value is -0.170. The fraction of sp³-hybridized carbons (Fsp3) is 1.00. The molecule has 0 amide bonds. The van der Waals surface area contributed by atoms with Crippen molar-refractivity contribution in [2.24, 2.45) is 5.14 Å². The molecular formula is C10H23N3O2S. The zero-order valence-corrected chi connectivity index (χ0v) is 10.8. The molecule has 1 aliphatic rings. The van der Waals surface area contributed by atoms with Crippen molar-refractivity contribution in [1.29, 1.82) is 0 Å². The predicted octanol–water partition coefficient (Wildman–Crippen LogP) is -0.261. The van der Waals surface area contributed by atoms with Gasteiger partial charge in [0.2, 0.25) is 10.0 Å². The summed E-state index contributed by atoms with van der Waals surface area (Å²) < 4.78 is 21.4. The molecule has 0 spiro atoms. The van der Waals surface area contributed by atoms with Gasteiger partial charge in [0.15, 0.2) is 0 Å². The highest BCUT2D eigenvalue weighted by atomic mass is 32.2. The van der Waals surface area contributed by atoms with Gasteiger partial charge in [0, 0.05) is 6.04 Å². The molecule has 1 saturated heterocycles. The van der Waals surface area contributed by atoms with Crippen LogP contribution in [-0.2, 0) is 10.0 Å². The average molecular weight is 249 g/mol. The normalized spacial score (nSPS) is 24.2. The summed E-state index contributed by atoms with van der Waals surface area (Å²) in [5, 5.41) is 8.34. The molecule has 0 aromatic carbocycles. The number of hydrogen-bond acceptors (Lipinski definition) is 4. The van der Waals surface area contributed by atoms with Crippen molar-refractivity contribution in [3.8, 4) is 0 Å². The summed E-state index contributed by atoms with van der Waals surface area (Å²) in [6, 6.07) is 0.533. The maximum Gasteiger partial charge on any atom is 0.209 e. The van der Waals surface area contributed by atoms with E-state index in [2.05, 4.69) is 17.3 Å². The van der Waals surface area contributed by atoms with Crippen LogP contribution in [0.15, 0.2) is 0 Å². The van der Waals surface area contributed by atoms with Crippen LogP contribution < -0.4 is 10.5 Å². The van der Waals surface area contributed by atoms with Crippen molar-refractivity contribution >= 4 is 10.0 Å². The Morgan fingerprint density at radius 3 is 2.81 bits per heavy atom. The van der Waals surface area contributed by atoms with Gasteiger partial charge in [-0.05, 0) is 52.4 Å². The van der Waals surface area contributed by atoms with E-state index in [1.54, 1.807) is 0 Å². The number of nitrogens with two attached hydrogens (primary N) is 1. The van der Waals surface area contributed by atoms with Crippen molar-refractivity contribution in [2.75, 3.05) is 32.4 Å². The number of nitrogens with zero attached hydrogens (tertiary/aromatic N) is 1. The van der Waals surface area contributed by atoms with Crippen LogP contribution in [0.5, 0.6) is 0 Å². The lowest BCUT2D eigenvalue weighted by Crippen LogP contribution is -2.32. The van der Waals surface area contributed by atoms with Gasteiger partial charge >= 0.3 is 0 Å². The lowest BCUT2D eigenvalue weighted by Gasteiger charge is -2.16. The smallest absolute Gasteiger partial charge is 0.209 e. The highest BCUT2D eigenvalue weighted by Gasteiger charge is 2.13. The second-order valence-corrected chi connectivity index (χ2v) is 6.34. The number of hydrogen-bond donors (Lipinski definition) is 2. The lowest BCUT2D eigenvalue weighted by atomic mass is 10.1. The Labute approximate surface area is 98.4 Å². The third kappa shape index (κ3) is 6.42. The number of sulfonamides is 1. The molecule has 0 aliphatic carbocycles. The first-order valence-electron chi connectivity index (χ1n) is 5.90. The lowest BCUT2D eigenvalue weighted by molar-refractivity contribution is 0.343. The van der Waals surface area contributed by atoms with Crippen LogP contribution in [0.1, 0.15) is 25.7 Å². The second-order valence-electron chi connectivity index (χ2n) is 4.61. The first-order valence-corrected chi connectivity index (χ1v) is 7.61. The maximum absolute atomic E-state index is 10.7. The monoisotopic (exact) mass is 249 g/mol. The summed E-state index contributed by atoms with van der Waals surface area (Å²) in [6.45, 7) is 3.02. The molecule has 3 N–H and O–H groups in total. The molecule has 0 aromatic rings. The zero-order valence-electron chi connectivity index (χ0n) is 9.98. The van der Waals surface area contributed by atoms with Crippen LogP contribution in [0.4, 0.5) is 0 Å². The van der Waals surface area contributed by atoms with Gasteiger partial charge in [0.25, 0.3) is 0 Å². The molecule has 1 fully saturated rings. The Morgan fingerprint density at radius 1 is 1.38 bits per heavy atom. The van der Waals surface area contributed by atoms with Crippen molar-refractivity contribution in [1.82, 2.24) is 10.2 Å². The van der Waals surface area contributed by atoms with E-state index in [4.69, 9.17) is 5.14 Å². The Morgan fingerprint density at radius 2 is 2.12 bits per heavy atom. The minimum Gasteiger partial charge on any atom is -0.314 e. The van der Waals surface area contributed by atoms with Crippen LogP contribution in [0, 0.1) is 0 Å². The van der Waals surface area contributed by atoms with Gasteiger partial charge in [-0.2, -0.15) is 0 Å². The van der Waals surface area contributed by atoms with E-state index in [0.29, 0.717) is 12.5 Å². The zero-order chi connectivity index (χ0) is 12.0. The number of rotatable bonds is 5. The van der Waals surface area contributed by atoms with E-state index < -0.39 is 10.0 Å². The molecule has 0 bridgehead atoms. The molecule has 1 aliphatic heterocycles. The summed E-state index contributed by atoms with van der Waals surface area (Å²) in [5.74, 6) is 0.0760. The van der Waals surface area contributed by atoms with Gasteiger partial charge < -0.3 is 10.2 Å². The molecule has 1 atom stereocenters. The van der Waals surface area contributed by atoms with Crippen molar-refractivity contribution < 1.29 is 8.42 Å². The summed E-state index contributed by atoms with van der Waals surface area (Å²) in [6.07, 6.45) is 4.14. The molecule has 16 heavy (non-hydrogen) atoms. The van der Waals surface area contributed by atoms with Gasteiger partial charge in [-0.1, -0.05) is 0 Å². The van der Waals surface area contributed by atoms with Crippen molar-refractivity contribution in [3.05, 3.63) is 0 Å². The largest absolute Gasteiger partial charge is 0.314 e. The highest BCUT2D eigenvalue weighted by molar-refractivity contribution is 7.89. The molecule has 1 unspecified atom stereocenters. The average Bonchev–Trinajstić information content (AvgIpc) is 2.37. The second kappa shape index (κ2) is 6.54. The molecule has 0 radical (unpaired) electrons. The Bertz CT molecular complexity index is 292. The van der Waals surface area contributed by atoms with Crippen LogP contribution in [-0.4, -0.2) is 51.8 Å². The van der Waals surface area contributed by atoms with Crippen LogP contribution in [0.3, 0.4) is 0 Å². The predicted molar refractivity (Wildman–Crippen MR) is 65.7 cm³/mol. The minimum atomic E-state index is -3.29.